The molecule has 2 aliphatic rings. The highest BCUT2D eigenvalue weighted by Crippen LogP contribution is 2.38. The van der Waals surface area contributed by atoms with Gasteiger partial charge in [0.1, 0.15) is 5.58 Å². The van der Waals surface area contributed by atoms with Crippen molar-refractivity contribution in [2.24, 2.45) is 0 Å². The van der Waals surface area contributed by atoms with Crippen LogP contribution in [0.25, 0.3) is 11.0 Å². The molecule has 0 unspecified atom stereocenters. The lowest BCUT2D eigenvalue weighted by Crippen LogP contribution is -2.38. The summed E-state index contributed by atoms with van der Waals surface area (Å²) in [7, 11) is 0. The molecule has 1 aromatic heterocycles. The Hall–Kier alpha value is -2.96. The molecule has 0 radical (unpaired) electrons. The van der Waals surface area contributed by atoms with Gasteiger partial charge in [-0.05, 0) is 31.0 Å². The molecular formula is C25H26N2O4. The Bertz CT molecular complexity index is 1160. The van der Waals surface area contributed by atoms with E-state index in [0.29, 0.717) is 23.1 Å². The number of hydrogen-bond acceptors (Lipinski definition) is 5. The molecule has 2 aromatic carbocycles. The third-order valence-corrected chi connectivity index (χ3v) is 6.24. The Morgan fingerprint density at radius 1 is 0.968 bits per heavy atom. The molecule has 0 N–H and O–H groups in total. The Morgan fingerprint density at radius 2 is 1.71 bits per heavy atom. The number of ether oxygens (including phenoxy) is 1. The first-order chi connectivity index (χ1) is 15.1. The van der Waals surface area contributed by atoms with Crippen LogP contribution >= 0.6 is 0 Å². The summed E-state index contributed by atoms with van der Waals surface area (Å²) in [5, 5.41) is 0.515. The Morgan fingerprint density at radius 3 is 2.48 bits per heavy atom. The Balaban J connectivity index is 1.52. The summed E-state index contributed by atoms with van der Waals surface area (Å²) in [4.78, 5) is 31.0. The molecule has 0 spiro atoms. The van der Waals surface area contributed by atoms with Crippen molar-refractivity contribution in [1.82, 2.24) is 9.80 Å². The fourth-order valence-electron chi connectivity index (χ4n) is 4.58. The normalized spacial score (nSPS) is 19.2. The summed E-state index contributed by atoms with van der Waals surface area (Å²) < 4.78 is 11.4. The highest BCUT2D eigenvalue weighted by molar-refractivity contribution is 5.99. The number of nitrogens with zero attached hydrogens (tertiary/aromatic N) is 2. The van der Waals surface area contributed by atoms with Crippen LogP contribution in [0, 0.1) is 6.92 Å². The van der Waals surface area contributed by atoms with E-state index < -0.39 is 6.04 Å². The van der Waals surface area contributed by atoms with Crippen LogP contribution in [0.15, 0.2) is 57.7 Å². The molecule has 6 heteroatoms. The topological polar surface area (TPSA) is 63.0 Å². The molecule has 0 saturated carbocycles. The van der Waals surface area contributed by atoms with E-state index in [1.54, 1.807) is 17.0 Å². The van der Waals surface area contributed by atoms with Crippen LogP contribution in [-0.4, -0.2) is 55.1 Å². The predicted octanol–water partition coefficient (Wildman–Crippen LogP) is 3.37. The van der Waals surface area contributed by atoms with Gasteiger partial charge in [-0.3, -0.25) is 14.5 Å². The van der Waals surface area contributed by atoms with Gasteiger partial charge in [0.2, 0.25) is 5.76 Å². The lowest BCUT2D eigenvalue weighted by Gasteiger charge is -2.29. The molecular weight excluding hydrogens is 392 g/mol. The van der Waals surface area contributed by atoms with E-state index in [9.17, 15) is 9.59 Å². The number of rotatable bonds is 5. The summed E-state index contributed by atoms with van der Waals surface area (Å²) in [5.41, 5.74) is 2.87. The van der Waals surface area contributed by atoms with Crippen LogP contribution in [0.2, 0.25) is 0 Å². The van der Waals surface area contributed by atoms with Gasteiger partial charge in [-0.1, -0.05) is 42.0 Å². The molecule has 3 aromatic rings. The second kappa shape index (κ2) is 8.29. The van der Waals surface area contributed by atoms with Crippen molar-refractivity contribution in [3.05, 3.63) is 81.2 Å². The van der Waals surface area contributed by atoms with Gasteiger partial charge in [-0.25, -0.2) is 0 Å². The lowest BCUT2D eigenvalue weighted by atomic mass is 9.97. The number of benzene rings is 2. The van der Waals surface area contributed by atoms with E-state index in [4.69, 9.17) is 9.15 Å². The number of para-hydroxylation sites is 1. The van der Waals surface area contributed by atoms with Crippen LogP contribution in [0.1, 0.15) is 39.7 Å². The standard InChI is InChI=1S/C25H26N2O4/c1-17-7-9-18(10-8-17)22-21-23(28)19-5-2-3-6-20(19)31-24(21)25(29)27(22)12-4-11-26-13-15-30-16-14-26/h2-3,5-10,22H,4,11-16H2,1H3/t22-/m0/s1. The number of fused-ring (bicyclic) bond motifs is 2. The minimum absolute atomic E-state index is 0.119. The van der Waals surface area contributed by atoms with Gasteiger partial charge >= 0.3 is 0 Å². The zero-order valence-electron chi connectivity index (χ0n) is 17.7. The molecule has 1 atom stereocenters. The number of hydrogen-bond donors (Lipinski definition) is 0. The summed E-state index contributed by atoms with van der Waals surface area (Å²) >= 11 is 0. The molecule has 0 bridgehead atoms. The van der Waals surface area contributed by atoms with Crippen molar-refractivity contribution in [1.29, 1.82) is 0 Å². The molecule has 1 amide bonds. The number of carbonyl (C=O) groups excluding carboxylic acids is 1. The Labute approximate surface area is 181 Å². The average molecular weight is 418 g/mol. The van der Waals surface area contributed by atoms with Crippen LogP contribution in [0.5, 0.6) is 0 Å². The van der Waals surface area contributed by atoms with Crippen molar-refractivity contribution in [3.8, 4) is 0 Å². The van der Waals surface area contributed by atoms with Gasteiger partial charge in [0.05, 0.1) is 30.2 Å². The monoisotopic (exact) mass is 418 g/mol. The van der Waals surface area contributed by atoms with Gasteiger partial charge < -0.3 is 14.1 Å². The van der Waals surface area contributed by atoms with Gasteiger partial charge in [-0.2, -0.15) is 0 Å². The second-order valence-electron chi connectivity index (χ2n) is 8.29. The first-order valence-corrected chi connectivity index (χ1v) is 10.9. The molecule has 5 rings (SSSR count). The quantitative estimate of drug-likeness (QED) is 0.636. The van der Waals surface area contributed by atoms with Crippen LogP contribution in [0.3, 0.4) is 0 Å². The highest BCUT2D eigenvalue weighted by atomic mass is 16.5. The summed E-state index contributed by atoms with van der Waals surface area (Å²) in [5.74, 6) is -0.0222. The van der Waals surface area contributed by atoms with Gasteiger partial charge in [-0.15, -0.1) is 0 Å². The molecule has 31 heavy (non-hydrogen) atoms. The molecule has 1 saturated heterocycles. The van der Waals surface area contributed by atoms with Crippen molar-refractivity contribution in [3.63, 3.8) is 0 Å². The number of carbonyl (C=O) groups is 1. The zero-order chi connectivity index (χ0) is 21.4. The van der Waals surface area contributed by atoms with Crippen molar-refractivity contribution >= 4 is 16.9 Å². The van der Waals surface area contributed by atoms with Gasteiger partial charge in [0.25, 0.3) is 5.91 Å². The maximum absolute atomic E-state index is 13.4. The van der Waals surface area contributed by atoms with Gasteiger partial charge in [0, 0.05) is 26.2 Å². The number of aryl methyl sites for hydroxylation is 1. The van der Waals surface area contributed by atoms with Crippen LogP contribution < -0.4 is 5.43 Å². The molecule has 3 heterocycles. The SMILES string of the molecule is Cc1ccc([C@H]2c3c(oc4ccccc4c3=O)C(=O)N2CCCN2CCOCC2)cc1. The van der Waals surface area contributed by atoms with Crippen molar-refractivity contribution in [2.75, 3.05) is 39.4 Å². The van der Waals surface area contributed by atoms with Gasteiger partial charge in [0.15, 0.2) is 5.43 Å². The van der Waals surface area contributed by atoms with Crippen LogP contribution in [-0.2, 0) is 4.74 Å². The fourth-order valence-corrected chi connectivity index (χ4v) is 4.58. The van der Waals surface area contributed by atoms with E-state index >= 15 is 0 Å². The van der Waals surface area contributed by atoms with Crippen molar-refractivity contribution < 1.29 is 13.9 Å². The maximum atomic E-state index is 13.4. The molecule has 160 valence electrons. The second-order valence-corrected chi connectivity index (χ2v) is 8.29. The molecule has 0 aliphatic carbocycles. The summed E-state index contributed by atoms with van der Waals surface area (Å²) in [6.07, 6.45) is 0.829. The number of morpholine rings is 1. The number of amides is 1. The fraction of sp³-hybridized carbons (Fsp3) is 0.360. The van der Waals surface area contributed by atoms with E-state index in [-0.39, 0.29) is 17.1 Å². The first-order valence-electron chi connectivity index (χ1n) is 10.9. The molecule has 6 nitrogen and oxygen atoms in total. The Kier molecular flexibility index (Phi) is 5.34. The zero-order valence-corrected chi connectivity index (χ0v) is 17.7. The molecule has 1 fully saturated rings. The van der Waals surface area contributed by atoms with E-state index in [1.807, 2.05) is 43.3 Å². The first kappa shape index (κ1) is 20.0. The smallest absolute Gasteiger partial charge is 0.290 e. The van der Waals surface area contributed by atoms with Crippen LogP contribution in [0.4, 0.5) is 0 Å². The van der Waals surface area contributed by atoms with Crippen molar-refractivity contribution in [2.45, 2.75) is 19.4 Å². The summed E-state index contributed by atoms with van der Waals surface area (Å²) in [6.45, 7) is 6.83. The molecule has 2 aliphatic heterocycles. The third kappa shape index (κ3) is 3.66. The maximum Gasteiger partial charge on any atom is 0.290 e. The van der Waals surface area contributed by atoms with E-state index in [0.717, 1.165) is 50.4 Å². The lowest BCUT2D eigenvalue weighted by molar-refractivity contribution is 0.0353. The average Bonchev–Trinajstić information content (AvgIpc) is 3.07. The van der Waals surface area contributed by atoms with E-state index in [1.165, 1.54) is 0 Å². The highest BCUT2D eigenvalue weighted by Gasteiger charge is 2.42. The predicted molar refractivity (Wildman–Crippen MR) is 118 cm³/mol. The minimum Gasteiger partial charge on any atom is -0.450 e. The third-order valence-electron chi connectivity index (χ3n) is 6.24. The van der Waals surface area contributed by atoms with E-state index in [2.05, 4.69) is 4.90 Å². The minimum atomic E-state index is -0.423. The summed E-state index contributed by atoms with van der Waals surface area (Å²) in [6, 6.07) is 14.8. The largest absolute Gasteiger partial charge is 0.450 e.